The lowest BCUT2D eigenvalue weighted by Gasteiger charge is -1.94. The molecule has 0 amide bonds. The Morgan fingerprint density at radius 3 is 3.08 bits per heavy atom. The molecule has 2 nitrogen and oxygen atoms in total. The van der Waals surface area contributed by atoms with Crippen LogP contribution in [-0.2, 0) is 12.8 Å². The number of aromatic hydroxyl groups is 1. The maximum absolute atomic E-state index is 9.66. The van der Waals surface area contributed by atoms with Gasteiger partial charge in [-0.15, -0.1) is 0 Å². The van der Waals surface area contributed by atoms with Gasteiger partial charge in [0.2, 0.25) is 0 Å². The van der Waals surface area contributed by atoms with Crippen molar-refractivity contribution in [2.24, 2.45) is 0 Å². The molecule has 0 spiro atoms. The van der Waals surface area contributed by atoms with E-state index in [1.54, 1.807) is 6.07 Å². The highest BCUT2D eigenvalue weighted by Crippen LogP contribution is 2.37. The highest BCUT2D eigenvalue weighted by atomic mass is 16.3. The monoisotopic (exact) mass is 174 g/mol. The van der Waals surface area contributed by atoms with E-state index in [1.807, 2.05) is 12.1 Å². The normalized spacial score (nSPS) is 15.1. The van der Waals surface area contributed by atoms with Crippen LogP contribution in [0, 0.1) is 0 Å². The molecule has 1 aromatic carbocycles. The molecule has 1 heterocycles. The maximum atomic E-state index is 9.66. The van der Waals surface area contributed by atoms with Gasteiger partial charge in [0.25, 0.3) is 0 Å². The van der Waals surface area contributed by atoms with Crippen molar-refractivity contribution in [2.45, 2.75) is 19.3 Å². The van der Waals surface area contributed by atoms with Crippen molar-refractivity contribution in [2.75, 3.05) is 0 Å². The molecule has 0 saturated carbocycles. The maximum Gasteiger partial charge on any atom is 0.138 e. The molecule has 0 atom stereocenters. The first-order chi connectivity index (χ1) is 6.36. The summed E-state index contributed by atoms with van der Waals surface area (Å²) in [6, 6.07) is 5.44. The van der Waals surface area contributed by atoms with Gasteiger partial charge in [0, 0.05) is 12.0 Å². The summed E-state index contributed by atoms with van der Waals surface area (Å²) in [7, 11) is 0. The quantitative estimate of drug-likeness (QED) is 0.666. The predicted octanol–water partition coefficient (Wildman–Crippen LogP) is 2.63. The molecule has 0 aliphatic heterocycles. The Labute approximate surface area is 75.8 Å². The zero-order valence-electron chi connectivity index (χ0n) is 7.21. The van der Waals surface area contributed by atoms with Crippen molar-refractivity contribution < 1.29 is 9.52 Å². The minimum Gasteiger partial charge on any atom is -0.507 e. The van der Waals surface area contributed by atoms with Gasteiger partial charge in [-0.3, -0.25) is 0 Å². The van der Waals surface area contributed by atoms with Gasteiger partial charge in [-0.2, -0.15) is 0 Å². The van der Waals surface area contributed by atoms with E-state index in [0.717, 1.165) is 36.0 Å². The van der Waals surface area contributed by atoms with Gasteiger partial charge in [0.1, 0.15) is 17.1 Å². The summed E-state index contributed by atoms with van der Waals surface area (Å²) in [6.45, 7) is 0. The smallest absolute Gasteiger partial charge is 0.138 e. The molecule has 0 radical (unpaired) electrons. The molecular weight excluding hydrogens is 164 g/mol. The Balaban J connectivity index is 2.46. The number of phenols is 1. The molecule has 0 fully saturated rings. The molecule has 1 N–H and O–H groups in total. The summed E-state index contributed by atoms with van der Waals surface area (Å²) >= 11 is 0. The summed E-state index contributed by atoms with van der Waals surface area (Å²) in [6.07, 6.45) is 3.21. The second-order valence-corrected chi connectivity index (χ2v) is 3.51. The molecule has 0 unspecified atom stereocenters. The summed E-state index contributed by atoms with van der Waals surface area (Å²) in [5, 5.41) is 10.6. The van der Waals surface area contributed by atoms with Crippen molar-refractivity contribution >= 4 is 11.0 Å². The van der Waals surface area contributed by atoms with Crippen LogP contribution >= 0.6 is 0 Å². The van der Waals surface area contributed by atoms with E-state index in [4.69, 9.17) is 4.42 Å². The molecule has 2 aromatic rings. The van der Waals surface area contributed by atoms with Gasteiger partial charge in [0.15, 0.2) is 0 Å². The molecule has 1 aliphatic rings. The number of furan rings is 1. The minimum absolute atomic E-state index is 0.351. The summed E-state index contributed by atoms with van der Waals surface area (Å²) in [5.41, 5.74) is 2.04. The van der Waals surface area contributed by atoms with Gasteiger partial charge >= 0.3 is 0 Å². The fourth-order valence-corrected chi connectivity index (χ4v) is 2.13. The van der Waals surface area contributed by atoms with E-state index in [-0.39, 0.29) is 0 Å². The van der Waals surface area contributed by atoms with E-state index in [2.05, 4.69) is 0 Å². The van der Waals surface area contributed by atoms with Crippen molar-refractivity contribution in [1.82, 2.24) is 0 Å². The third-order valence-corrected chi connectivity index (χ3v) is 2.71. The molecule has 66 valence electrons. The lowest BCUT2D eigenvalue weighted by molar-refractivity contribution is 0.480. The second-order valence-electron chi connectivity index (χ2n) is 3.51. The van der Waals surface area contributed by atoms with Gasteiger partial charge < -0.3 is 9.52 Å². The van der Waals surface area contributed by atoms with Gasteiger partial charge in [-0.25, -0.2) is 0 Å². The Morgan fingerprint density at radius 1 is 1.23 bits per heavy atom. The van der Waals surface area contributed by atoms with E-state index in [1.165, 1.54) is 5.56 Å². The van der Waals surface area contributed by atoms with Crippen molar-refractivity contribution in [3.8, 4) is 5.75 Å². The SMILES string of the molecule is Oc1cccc2oc3c(c12)CCC3. The van der Waals surface area contributed by atoms with Crippen LogP contribution < -0.4 is 0 Å². The zero-order valence-corrected chi connectivity index (χ0v) is 7.21. The van der Waals surface area contributed by atoms with Crippen molar-refractivity contribution in [3.05, 3.63) is 29.5 Å². The van der Waals surface area contributed by atoms with Gasteiger partial charge in [-0.1, -0.05) is 6.07 Å². The van der Waals surface area contributed by atoms with E-state index >= 15 is 0 Å². The van der Waals surface area contributed by atoms with Gasteiger partial charge in [0.05, 0.1) is 5.39 Å². The van der Waals surface area contributed by atoms with Crippen LogP contribution in [0.25, 0.3) is 11.0 Å². The zero-order chi connectivity index (χ0) is 8.84. The number of fused-ring (bicyclic) bond motifs is 3. The standard InChI is InChI=1S/C11H10O2/c12-8-4-2-6-10-11(8)7-3-1-5-9(7)13-10/h2,4,6,12H,1,3,5H2. The fraction of sp³-hybridized carbons (Fsp3) is 0.273. The predicted molar refractivity (Wildman–Crippen MR) is 49.9 cm³/mol. The van der Waals surface area contributed by atoms with Crippen molar-refractivity contribution in [1.29, 1.82) is 0 Å². The molecule has 2 heteroatoms. The first-order valence-electron chi connectivity index (χ1n) is 4.58. The fourth-order valence-electron chi connectivity index (χ4n) is 2.13. The lowest BCUT2D eigenvalue weighted by Crippen LogP contribution is -1.75. The Kier molecular flexibility index (Phi) is 1.23. The van der Waals surface area contributed by atoms with E-state index in [0.29, 0.717) is 5.75 Å². The van der Waals surface area contributed by atoms with Crippen LogP contribution in [0.15, 0.2) is 22.6 Å². The number of benzene rings is 1. The molecular formula is C11H10O2. The molecule has 0 bridgehead atoms. The third kappa shape index (κ3) is 0.829. The average molecular weight is 174 g/mol. The Bertz CT molecular complexity index is 468. The van der Waals surface area contributed by atoms with Crippen LogP contribution in [0.3, 0.4) is 0 Å². The third-order valence-electron chi connectivity index (χ3n) is 2.71. The van der Waals surface area contributed by atoms with E-state index in [9.17, 15) is 5.11 Å². The highest BCUT2D eigenvalue weighted by Gasteiger charge is 2.20. The summed E-state index contributed by atoms with van der Waals surface area (Å²) < 4.78 is 5.63. The first kappa shape index (κ1) is 7.01. The number of hydrogen-bond acceptors (Lipinski definition) is 2. The Morgan fingerprint density at radius 2 is 2.15 bits per heavy atom. The van der Waals surface area contributed by atoms with Crippen LogP contribution in [-0.4, -0.2) is 5.11 Å². The highest BCUT2D eigenvalue weighted by molar-refractivity contribution is 5.88. The molecule has 1 aromatic heterocycles. The van der Waals surface area contributed by atoms with Crippen LogP contribution in [0.2, 0.25) is 0 Å². The number of aryl methyl sites for hydroxylation is 2. The average Bonchev–Trinajstić information content (AvgIpc) is 2.62. The van der Waals surface area contributed by atoms with Crippen LogP contribution in [0.1, 0.15) is 17.7 Å². The molecule has 0 saturated heterocycles. The Hall–Kier alpha value is -1.44. The number of hydrogen-bond donors (Lipinski definition) is 1. The lowest BCUT2D eigenvalue weighted by atomic mass is 10.1. The largest absolute Gasteiger partial charge is 0.507 e. The topological polar surface area (TPSA) is 33.4 Å². The first-order valence-corrected chi connectivity index (χ1v) is 4.58. The second kappa shape index (κ2) is 2.28. The van der Waals surface area contributed by atoms with Crippen LogP contribution in [0.4, 0.5) is 0 Å². The van der Waals surface area contributed by atoms with Crippen molar-refractivity contribution in [3.63, 3.8) is 0 Å². The van der Waals surface area contributed by atoms with Gasteiger partial charge in [-0.05, 0) is 25.0 Å². The number of rotatable bonds is 0. The minimum atomic E-state index is 0.351. The molecule has 1 aliphatic carbocycles. The summed E-state index contributed by atoms with van der Waals surface area (Å²) in [4.78, 5) is 0. The molecule has 13 heavy (non-hydrogen) atoms. The van der Waals surface area contributed by atoms with E-state index < -0.39 is 0 Å². The summed E-state index contributed by atoms with van der Waals surface area (Å²) in [5.74, 6) is 1.42. The number of phenolic OH excluding ortho intramolecular Hbond substituents is 1. The van der Waals surface area contributed by atoms with Crippen LogP contribution in [0.5, 0.6) is 5.75 Å². The molecule has 3 rings (SSSR count).